The van der Waals surface area contributed by atoms with E-state index in [2.05, 4.69) is 50.2 Å². The highest BCUT2D eigenvalue weighted by atomic mass is 35.5. The van der Waals surface area contributed by atoms with Crippen LogP contribution in [0.1, 0.15) is 32.8 Å². The zero-order chi connectivity index (χ0) is 15.0. The molecule has 3 nitrogen and oxygen atoms in total. The van der Waals surface area contributed by atoms with Crippen LogP contribution >= 0.6 is 11.6 Å². The Morgan fingerprint density at radius 1 is 1.35 bits per heavy atom. The summed E-state index contributed by atoms with van der Waals surface area (Å²) in [4.78, 5) is 2.16. The normalized spacial score (nSPS) is 11.1. The lowest BCUT2D eigenvalue weighted by atomic mass is 10.2. The van der Waals surface area contributed by atoms with E-state index in [0.717, 1.165) is 48.9 Å². The summed E-state index contributed by atoms with van der Waals surface area (Å²) in [6.45, 7) is 9.70. The van der Waals surface area contributed by atoms with Crippen molar-refractivity contribution in [2.75, 3.05) is 31.6 Å². The van der Waals surface area contributed by atoms with Gasteiger partial charge in [0.05, 0.1) is 12.7 Å². The van der Waals surface area contributed by atoms with Crippen molar-refractivity contribution in [1.82, 2.24) is 5.32 Å². The molecule has 0 spiro atoms. The molecule has 0 unspecified atom stereocenters. The molecule has 0 aromatic heterocycles. The van der Waals surface area contributed by atoms with Crippen LogP contribution in [0, 0.1) is 0 Å². The number of halogens is 1. The fourth-order valence-corrected chi connectivity index (χ4v) is 2.11. The van der Waals surface area contributed by atoms with Crippen molar-refractivity contribution in [1.29, 1.82) is 0 Å². The number of rotatable bonds is 9. The second-order valence-electron chi connectivity index (χ2n) is 5.29. The molecular weight excluding hydrogens is 272 g/mol. The number of ether oxygens (including phenoxy) is 1. The largest absolute Gasteiger partial charge is 0.377 e. The van der Waals surface area contributed by atoms with E-state index < -0.39 is 0 Å². The highest BCUT2D eigenvalue weighted by Gasteiger charge is 2.06. The van der Waals surface area contributed by atoms with Gasteiger partial charge in [0, 0.05) is 30.8 Å². The van der Waals surface area contributed by atoms with Gasteiger partial charge in [-0.1, -0.05) is 24.6 Å². The quantitative estimate of drug-likeness (QED) is 0.704. The molecule has 0 atom stereocenters. The number of nitrogens with zero attached hydrogens (tertiary/aromatic N) is 1. The van der Waals surface area contributed by atoms with Crippen molar-refractivity contribution < 1.29 is 4.74 Å². The first-order valence-corrected chi connectivity index (χ1v) is 7.74. The van der Waals surface area contributed by atoms with Crippen molar-refractivity contribution in [3.63, 3.8) is 0 Å². The Bertz CT molecular complexity index is 396. The topological polar surface area (TPSA) is 24.5 Å². The molecule has 114 valence electrons. The Morgan fingerprint density at radius 3 is 2.70 bits per heavy atom. The maximum absolute atomic E-state index is 6.34. The van der Waals surface area contributed by atoms with Gasteiger partial charge in [-0.3, -0.25) is 0 Å². The maximum atomic E-state index is 6.34. The molecule has 0 saturated heterocycles. The van der Waals surface area contributed by atoms with Crippen molar-refractivity contribution in [2.45, 2.75) is 39.8 Å². The van der Waals surface area contributed by atoms with Gasteiger partial charge in [0.15, 0.2) is 0 Å². The van der Waals surface area contributed by atoms with Gasteiger partial charge in [0.2, 0.25) is 0 Å². The molecule has 1 aromatic rings. The van der Waals surface area contributed by atoms with Crippen molar-refractivity contribution >= 4 is 17.3 Å². The zero-order valence-corrected chi connectivity index (χ0v) is 13.8. The molecule has 1 N–H and O–H groups in total. The van der Waals surface area contributed by atoms with E-state index in [-0.39, 0.29) is 6.10 Å². The van der Waals surface area contributed by atoms with E-state index in [0.29, 0.717) is 0 Å². The fraction of sp³-hybridized carbons (Fsp3) is 0.625. The van der Waals surface area contributed by atoms with E-state index in [9.17, 15) is 0 Å². The standard InChI is InChI=1S/C16H27ClN2O/c1-5-8-18-12-14-6-7-15(11-16(14)17)19(4)9-10-20-13(2)3/h6-7,11,13,18H,5,8-10,12H2,1-4H3. The SMILES string of the molecule is CCCNCc1ccc(N(C)CCOC(C)C)cc1Cl. The molecule has 1 rings (SSSR count). The summed E-state index contributed by atoms with van der Waals surface area (Å²) in [5, 5.41) is 4.19. The van der Waals surface area contributed by atoms with Gasteiger partial charge >= 0.3 is 0 Å². The van der Waals surface area contributed by atoms with Crippen LogP contribution in [-0.4, -0.2) is 32.8 Å². The van der Waals surface area contributed by atoms with E-state index >= 15 is 0 Å². The smallest absolute Gasteiger partial charge is 0.0644 e. The average molecular weight is 299 g/mol. The maximum Gasteiger partial charge on any atom is 0.0644 e. The van der Waals surface area contributed by atoms with Gasteiger partial charge < -0.3 is 15.0 Å². The van der Waals surface area contributed by atoms with Crippen LogP contribution < -0.4 is 10.2 Å². The van der Waals surface area contributed by atoms with Crippen LogP contribution in [0.15, 0.2) is 18.2 Å². The van der Waals surface area contributed by atoms with Crippen LogP contribution in [0.25, 0.3) is 0 Å². The molecule has 1 aromatic carbocycles. The van der Waals surface area contributed by atoms with Crippen molar-refractivity contribution in [3.05, 3.63) is 28.8 Å². The lowest BCUT2D eigenvalue weighted by Gasteiger charge is -2.21. The second kappa shape index (κ2) is 9.22. The van der Waals surface area contributed by atoms with Gasteiger partial charge in [0.1, 0.15) is 0 Å². The molecule has 0 amide bonds. The highest BCUT2D eigenvalue weighted by molar-refractivity contribution is 6.31. The lowest BCUT2D eigenvalue weighted by Crippen LogP contribution is -2.24. The molecule has 0 aliphatic rings. The van der Waals surface area contributed by atoms with Crippen LogP contribution in [0.5, 0.6) is 0 Å². The Morgan fingerprint density at radius 2 is 2.10 bits per heavy atom. The first-order chi connectivity index (χ1) is 9.54. The zero-order valence-electron chi connectivity index (χ0n) is 13.1. The van der Waals surface area contributed by atoms with Gasteiger partial charge in [-0.05, 0) is 44.5 Å². The first-order valence-electron chi connectivity index (χ1n) is 7.36. The second-order valence-corrected chi connectivity index (χ2v) is 5.70. The Hall–Kier alpha value is -0.770. The lowest BCUT2D eigenvalue weighted by molar-refractivity contribution is 0.0846. The summed E-state index contributed by atoms with van der Waals surface area (Å²) in [5.41, 5.74) is 2.28. The number of nitrogens with one attached hydrogen (secondary N) is 1. The predicted molar refractivity (Wildman–Crippen MR) is 87.8 cm³/mol. The summed E-state index contributed by atoms with van der Waals surface area (Å²) < 4.78 is 5.57. The van der Waals surface area contributed by atoms with Crippen molar-refractivity contribution in [2.24, 2.45) is 0 Å². The van der Waals surface area contributed by atoms with Crippen LogP contribution in [-0.2, 0) is 11.3 Å². The molecule has 4 heteroatoms. The first kappa shape index (κ1) is 17.3. The third-order valence-corrected chi connectivity index (χ3v) is 3.45. The average Bonchev–Trinajstić information content (AvgIpc) is 2.40. The number of anilines is 1. The number of hydrogen-bond acceptors (Lipinski definition) is 3. The molecule has 0 saturated carbocycles. The predicted octanol–water partition coefficient (Wildman–Crippen LogP) is 3.70. The van der Waals surface area contributed by atoms with Gasteiger partial charge in [-0.2, -0.15) is 0 Å². The minimum absolute atomic E-state index is 0.277. The number of likely N-dealkylation sites (N-methyl/N-ethyl adjacent to an activating group) is 1. The molecule has 0 heterocycles. The van der Waals surface area contributed by atoms with Gasteiger partial charge in [-0.25, -0.2) is 0 Å². The van der Waals surface area contributed by atoms with E-state index in [1.807, 2.05) is 6.07 Å². The third-order valence-electron chi connectivity index (χ3n) is 3.10. The van der Waals surface area contributed by atoms with E-state index in [1.54, 1.807) is 0 Å². The molecule has 0 aliphatic carbocycles. The Balaban J connectivity index is 2.52. The van der Waals surface area contributed by atoms with Crippen LogP contribution in [0.3, 0.4) is 0 Å². The summed E-state index contributed by atoms with van der Waals surface area (Å²) in [5.74, 6) is 0. The van der Waals surface area contributed by atoms with Crippen molar-refractivity contribution in [3.8, 4) is 0 Å². The summed E-state index contributed by atoms with van der Waals surface area (Å²) in [6, 6.07) is 6.24. The molecule has 0 fully saturated rings. The van der Waals surface area contributed by atoms with Crippen LogP contribution in [0.4, 0.5) is 5.69 Å². The Labute approximate surface area is 128 Å². The minimum Gasteiger partial charge on any atom is -0.377 e. The van der Waals surface area contributed by atoms with Crippen LogP contribution in [0.2, 0.25) is 5.02 Å². The molecule has 0 radical (unpaired) electrons. The summed E-state index contributed by atoms with van der Waals surface area (Å²) >= 11 is 6.34. The van der Waals surface area contributed by atoms with E-state index in [4.69, 9.17) is 16.3 Å². The number of hydrogen-bond donors (Lipinski definition) is 1. The fourth-order valence-electron chi connectivity index (χ4n) is 1.87. The molecule has 20 heavy (non-hydrogen) atoms. The molecular formula is C16H27ClN2O. The molecule has 0 bridgehead atoms. The minimum atomic E-state index is 0.277. The summed E-state index contributed by atoms with van der Waals surface area (Å²) in [7, 11) is 2.06. The van der Waals surface area contributed by atoms with Gasteiger partial charge in [-0.15, -0.1) is 0 Å². The van der Waals surface area contributed by atoms with E-state index in [1.165, 1.54) is 0 Å². The summed E-state index contributed by atoms with van der Waals surface area (Å²) in [6.07, 6.45) is 1.41. The number of benzene rings is 1. The third kappa shape index (κ3) is 6.12. The van der Waals surface area contributed by atoms with Gasteiger partial charge in [0.25, 0.3) is 0 Å². The highest BCUT2D eigenvalue weighted by Crippen LogP contribution is 2.23. The Kier molecular flexibility index (Phi) is 7.97. The molecule has 0 aliphatic heterocycles. The monoisotopic (exact) mass is 298 g/mol.